The first-order chi connectivity index (χ1) is 7.19. The molecule has 15 heavy (non-hydrogen) atoms. The summed E-state index contributed by atoms with van der Waals surface area (Å²) in [5.74, 6) is 0.163. The van der Waals surface area contributed by atoms with E-state index in [9.17, 15) is 4.79 Å². The molecular formula is C11H22N2O2. The molecule has 88 valence electrons. The van der Waals surface area contributed by atoms with E-state index in [0.717, 1.165) is 19.3 Å². The van der Waals surface area contributed by atoms with Gasteiger partial charge >= 0.3 is 0 Å². The maximum absolute atomic E-state index is 11.9. The number of carbonyl (C=O) groups excluding carboxylic acids is 1. The Kier molecular flexibility index (Phi) is 5.05. The number of ether oxygens (including phenoxy) is 1. The van der Waals surface area contributed by atoms with Gasteiger partial charge in [-0.25, -0.2) is 0 Å². The fourth-order valence-corrected chi connectivity index (χ4v) is 2.02. The van der Waals surface area contributed by atoms with Crippen LogP contribution >= 0.6 is 0 Å². The van der Waals surface area contributed by atoms with Gasteiger partial charge in [-0.05, 0) is 32.7 Å². The van der Waals surface area contributed by atoms with Gasteiger partial charge in [-0.15, -0.1) is 0 Å². The summed E-state index contributed by atoms with van der Waals surface area (Å²) >= 11 is 0. The lowest BCUT2D eigenvalue weighted by atomic mass is 9.98. The van der Waals surface area contributed by atoms with E-state index in [-0.39, 0.29) is 24.0 Å². The molecule has 0 aromatic rings. The quantitative estimate of drug-likeness (QED) is 0.706. The average Bonchev–Trinajstić information content (AvgIpc) is 2.65. The molecule has 4 heteroatoms. The van der Waals surface area contributed by atoms with Crippen LogP contribution < -0.4 is 11.1 Å². The number of carbonyl (C=O) groups is 1. The minimum atomic E-state index is 0.0372. The Bertz CT molecular complexity index is 209. The summed E-state index contributed by atoms with van der Waals surface area (Å²) in [5.41, 5.74) is 5.44. The van der Waals surface area contributed by atoms with Gasteiger partial charge in [-0.2, -0.15) is 0 Å². The highest BCUT2D eigenvalue weighted by molar-refractivity contribution is 5.79. The monoisotopic (exact) mass is 214 g/mol. The van der Waals surface area contributed by atoms with Crippen molar-refractivity contribution in [1.82, 2.24) is 5.32 Å². The van der Waals surface area contributed by atoms with Gasteiger partial charge in [0.15, 0.2) is 0 Å². The summed E-state index contributed by atoms with van der Waals surface area (Å²) < 4.78 is 5.49. The standard InChI is InChI=1S/C11H22N2O2/c1-3-10-9(5-7-15-10)11(14)13-8(2)4-6-12/h8-10H,3-7,12H2,1-2H3,(H,13,14). The minimum Gasteiger partial charge on any atom is -0.377 e. The molecule has 0 aromatic carbocycles. The third kappa shape index (κ3) is 3.47. The summed E-state index contributed by atoms with van der Waals surface area (Å²) in [4.78, 5) is 11.9. The van der Waals surface area contributed by atoms with E-state index in [1.807, 2.05) is 6.92 Å². The van der Waals surface area contributed by atoms with E-state index in [2.05, 4.69) is 12.2 Å². The van der Waals surface area contributed by atoms with Gasteiger partial charge in [0.2, 0.25) is 5.91 Å². The third-order valence-corrected chi connectivity index (χ3v) is 2.94. The van der Waals surface area contributed by atoms with Gasteiger partial charge in [-0.3, -0.25) is 4.79 Å². The molecular weight excluding hydrogens is 192 g/mol. The van der Waals surface area contributed by atoms with Crippen LogP contribution in [0.4, 0.5) is 0 Å². The van der Waals surface area contributed by atoms with Gasteiger partial charge in [0.1, 0.15) is 0 Å². The van der Waals surface area contributed by atoms with Crippen LogP contribution in [0.3, 0.4) is 0 Å². The minimum absolute atomic E-state index is 0.0372. The predicted octanol–water partition coefficient (Wildman–Crippen LogP) is 0.655. The number of nitrogens with two attached hydrogens (primary N) is 1. The Balaban J connectivity index is 2.38. The lowest BCUT2D eigenvalue weighted by Crippen LogP contribution is -2.40. The fourth-order valence-electron chi connectivity index (χ4n) is 2.02. The number of amides is 1. The van der Waals surface area contributed by atoms with Crippen LogP contribution in [0.25, 0.3) is 0 Å². The molecule has 1 rings (SSSR count). The normalized spacial score (nSPS) is 27.7. The van der Waals surface area contributed by atoms with Gasteiger partial charge in [-0.1, -0.05) is 6.92 Å². The molecule has 1 fully saturated rings. The molecule has 1 amide bonds. The van der Waals surface area contributed by atoms with Crippen molar-refractivity contribution in [2.45, 2.75) is 45.3 Å². The van der Waals surface area contributed by atoms with Crippen molar-refractivity contribution in [2.24, 2.45) is 11.7 Å². The molecule has 1 saturated heterocycles. The van der Waals surface area contributed by atoms with Crippen LogP contribution in [0, 0.1) is 5.92 Å². The first-order valence-corrected chi connectivity index (χ1v) is 5.81. The molecule has 0 aliphatic carbocycles. The highest BCUT2D eigenvalue weighted by Crippen LogP contribution is 2.23. The molecule has 0 spiro atoms. The Hall–Kier alpha value is -0.610. The van der Waals surface area contributed by atoms with Crippen LogP contribution in [0.15, 0.2) is 0 Å². The summed E-state index contributed by atoms with van der Waals surface area (Å²) in [7, 11) is 0. The molecule has 3 atom stereocenters. The zero-order valence-corrected chi connectivity index (χ0v) is 9.66. The highest BCUT2D eigenvalue weighted by Gasteiger charge is 2.32. The van der Waals surface area contributed by atoms with E-state index in [4.69, 9.17) is 10.5 Å². The second-order valence-electron chi connectivity index (χ2n) is 4.20. The van der Waals surface area contributed by atoms with E-state index in [1.54, 1.807) is 0 Å². The number of hydrogen-bond acceptors (Lipinski definition) is 3. The molecule has 1 aliphatic heterocycles. The summed E-state index contributed by atoms with van der Waals surface area (Å²) in [6.45, 7) is 5.36. The van der Waals surface area contributed by atoms with Crippen molar-refractivity contribution in [3.05, 3.63) is 0 Å². The Morgan fingerprint density at radius 1 is 1.67 bits per heavy atom. The van der Waals surface area contributed by atoms with Crippen LogP contribution in [-0.4, -0.2) is 31.2 Å². The van der Waals surface area contributed by atoms with Crippen molar-refractivity contribution in [2.75, 3.05) is 13.2 Å². The van der Waals surface area contributed by atoms with Gasteiger partial charge in [0.05, 0.1) is 12.0 Å². The zero-order chi connectivity index (χ0) is 11.3. The Labute approximate surface area is 91.5 Å². The van der Waals surface area contributed by atoms with Crippen molar-refractivity contribution in [3.63, 3.8) is 0 Å². The molecule has 0 bridgehead atoms. The maximum Gasteiger partial charge on any atom is 0.226 e. The lowest BCUT2D eigenvalue weighted by Gasteiger charge is -2.19. The summed E-state index contributed by atoms with van der Waals surface area (Å²) in [5, 5.41) is 2.99. The summed E-state index contributed by atoms with van der Waals surface area (Å²) in [6.07, 6.45) is 2.69. The molecule has 3 N–H and O–H groups in total. The first kappa shape index (κ1) is 12.5. The van der Waals surface area contributed by atoms with Gasteiger partial charge in [0.25, 0.3) is 0 Å². The Morgan fingerprint density at radius 3 is 3.00 bits per heavy atom. The fraction of sp³-hybridized carbons (Fsp3) is 0.909. The maximum atomic E-state index is 11.9. The highest BCUT2D eigenvalue weighted by atomic mass is 16.5. The van der Waals surface area contributed by atoms with E-state index in [1.165, 1.54) is 0 Å². The predicted molar refractivity (Wildman–Crippen MR) is 59.4 cm³/mol. The number of rotatable bonds is 5. The second-order valence-corrected chi connectivity index (χ2v) is 4.20. The van der Waals surface area contributed by atoms with E-state index >= 15 is 0 Å². The molecule has 1 heterocycles. The largest absolute Gasteiger partial charge is 0.377 e. The van der Waals surface area contributed by atoms with Crippen LogP contribution in [0.1, 0.15) is 33.1 Å². The topological polar surface area (TPSA) is 64.3 Å². The van der Waals surface area contributed by atoms with Crippen LogP contribution in [0.2, 0.25) is 0 Å². The van der Waals surface area contributed by atoms with Gasteiger partial charge < -0.3 is 15.8 Å². The first-order valence-electron chi connectivity index (χ1n) is 5.81. The van der Waals surface area contributed by atoms with E-state index < -0.39 is 0 Å². The van der Waals surface area contributed by atoms with Crippen LogP contribution in [-0.2, 0) is 9.53 Å². The third-order valence-electron chi connectivity index (χ3n) is 2.94. The Morgan fingerprint density at radius 2 is 2.40 bits per heavy atom. The van der Waals surface area contributed by atoms with Crippen LogP contribution in [0.5, 0.6) is 0 Å². The number of hydrogen-bond donors (Lipinski definition) is 2. The molecule has 1 aliphatic rings. The SMILES string of the molecule is CCC1OCCC1C(=O)NC(C)CCN. The zero-order valence-electron chi connectivity index (χ0n) is 9.66. The molecule has 4 nitrogen and oxygen atoms in total. The second kappa shape index (κ2) is 6.08. The van der Waals surface area contributed by atoms with Crippen molar-refractivity contribution in [1.29, 1.82) is 0 Å². The van der Waals surface area contributed by atoms with Gasteiger partial charge in [0, 0.05) is 12.6 Å². The summed E-state index contributed by atoms with van der Waals surface area (Å²) in [6, 6.07) is 0.167. The average molecular weight is 214 g/mol. The van der Waals surface area contributed by atoms with E-state index in [0.29, 0.717) is 13.2 Å². The molecule has 0 radical (unpaired) electrons. The molecule has 0 saturated carbocycles. The molecule has 3 unspecified atom stereocenters. The molecule has 0 aromatic heterocycles. The van der Waals surface area contributed by atoms with Crippen molar-refractivity contribution < 1.29 is 9.53 Å². The lowest BCUT2D eigenvalue weighted by molar-refractivity contribution is -0.127. The smallest absolute Gasteiger partial charge is 0.226 e. The van der Waals surface area contributed by atoms with Crippen molar-refractivity contribution >= 4 is 5.91 Å². The number of nitrogens with one attached hydrogen (secondary N) is 1. The van der Waals surface area contributed by atoms with Crippen molar-refractivity contribution in [3.8, 4) is 0 Å².